The highest BCUT2D eigenvalue weighted by molar-refractivity contribution is 7.99. The summed E-state index contributed by atoms with van der Waals surface area (Å²) in [4.78, 5) is 28.5. The van der Waals surface area contributed by atoms with E-state index in [9.17, 15) is 9.59 Å². The Kier molecular flexibility index (Phi) is 4.42. The molecule has 0 bridgehead atoms. The second-order valence-electron chi connectivity index (χ2n) is 3.43. The molecule has 5 nitrogen and oxygen atoms in total. The van der Waals surface area contributed by atoms with Crippen molar-refractivity contribution in [3.05, 3.63) is 22.1 Å². The SMILES string of the molecule is CC(=N)C(C=O)CSc1nc(C)cc(=O)[nH]1. The summed E-state index contributed by atoms with van der Waals surface area (Å²) >= 11 is 1.27. The van der Waals surface area contributed by atoms with Gasteiger partial charge in [-0.1, -0.05) is 11.8 Å². The molecule has 0 saturated carbocycles. The van der Waals surface area contributed by atoms with Gasteiger partial charge < -0.3 is 15.2 Å². The summed E-state index contributed by atoms with van der Waals surface area (Å²) in [6.45, 7) is 3.32. The molecule has 6 heteroatoms. The van der Waals surface area contributed by atoms with Gasteiger partial charge in [0.2, 0.25) is 0 Å². The number of hydrogen-bond donors (Lipinski definition) is 2. The highest BCUT2D eigenvalue weighted by Crippen LogP contribution is 2.15. The second kappa shape index (κ2) is 5.60. The van der Waals surface area contributed by atoms with Gasteiger partial charge in [-0.2, -0.15) is 0 Å². The fourth-order valence-corrected chi connectivity index (χ4v) is 2.10. The third-order valence-corrected chi connectivity index (χ3v) is 2.96. The number of carbonyl (C=O) groups is 1. The summed E-state index contributed by atoms with van der Waals surface area (Å²) in [5, 5.41) is 7.85. The first-order chi connectivity index (χ1) is 7.52. The van der Waals surface area contributed by atoms with Crippen LogP contribution in [0.1, 0.15) is 12.6 Å². The summed E-state index contributed by atoms with van der Waals surface area (Å²) < 4.78 is 0. The van der Waals surface area contributed by atoms with E-state index in [4.69, 9.17) is 5.41 Å². The Morgan fingerprint density at radius 2 is 2.44 bits per heavy atom. The zero-order valence-electron chi connectivity index (χ0n) is 9.11. The number of hydrogen-bond acceptors (Lipinski definition) is 5. The molecule has 1 aromatic rings. The van der Waals surface area contributed by atoms with Gasteiger partial charge in [0.1, 0.15) is 6.29 Å². The van der Waals surface area contributed by atoms with E-state index in [0.29, 0.717) is 22.3 Å². The van der Waals surface area contributed by atoms with Crippen LogP contribution in [0.2, 0.25) is 0 Å². The van der Waals surface area contributed by atoms with Crippen LogP contribution in [0.3, 0.4) is 0 Å². The molecule has 1 unspecified atom stereocenters. The minimum absolute atomic E-state index is 0.204. The highest BCUT2D eigenvalue weighted by atomic mass is 32.2. The van der Waals surface area contributed by atoms with Gasteiger partial charge in [0.15, 0.2) is 5.16 Å². The van der Waals surface area contributed by atoms with Gasteiger partial charge in [0, 0.05) is 23.2 Å². The monoisotopic (exact) mass is 239 g/mol. The van der Waals surface area contributed by atoms with E-state index in [-0.39, 0.29) is 5.56 Å². The normalized spacial score (nSPS) is 12.1. The lowest BCUT2D eigenvalue weighted by atomic mass is 10.1. The first-order valence-corrected chi connectivity index (χ1v) is 5.72. The summed E-state index contributed by atoms with van der Waals surface area (Å²) in [5.41, 5.74) is 0.752. The van der Waals surface area contributed by atoms with Gasteiger partial charge in [0.05, 0.1) is 5.92 Å². The maximum absolute atomic E-state index is 11.1. The maximum atomic E-state index is 11.1. The zero-order chi connectivity index (χ0) is 12.1. The van der Waals surface area contributed by atoms with Crippen molar-refractivity contribution in [1.29, 1.82) is 5.41 Å². The van der Waals surface area contributed by atoms with E-state index < -0.39 is 5.92 Å². The molecule has 16 heavy (non-hydrogen) atoms. The van der Waals surface area contributed by atoms with Crippen molar-refractivity contribution in [1.82, 2.24) is 9.97 Å². The number of thioether (sulfide) groups is 1. The third-order valence-electron chi connectivity index (χ3n) is 1.97. The fourth-order valence-electron chi connectivity index (χ4n) is 1.06. The third kappa shape index (κ3) is 3.62. The molecule has 1 atom stereocenters. The van der Waals surface area contributed by atoms with Gasteiger partial charge in [-0.15, -0.1) is 0 Å². The molecule has 1 aromatic heterocycles. The number of carbonyl (C=O) groups excluding carboxylic acids is 1. The molecule has 86 valence electrons. The van der Waals surface area contributed by atoms with Gasteiger partial charge in [-0.25, -0.2) is 4.98 Å². The number of aromatic nitrogens is 2. The van der Waals surface area contributed by atoms with Crippen LogP contribution in [-0.4, -0.2) is 27.7 Å². The van der Waals surface area contributed by atoms with Crippen LogP contribution in [0.5, 0.6) is 0 Å². The molecular weight excluding hydrogens is 226 g/mol. The lowest BCUT2D eigenvalue weighted by Crippen LogP contribution is -2.15. The van der Waals surface area contributed by atoms with E-state index in [0.717, 1.165) is 6.29 Å². The number of aromatic amines is 1. The van der Waals surface area contributed by atoms with E-state index in [1.165, 1.54) is 17.8 Å². The summed E-state index contributed by atoms with van der Waals surface area (Å²) in [7, 11) is 0. The molecule has 1 rings (SSSR count). The molecule has 0 spiro atoms. The Hall–Kier alpha value is -1.43. The Morgan fingerprint density at radius 1 is 1.75 bits per heavy atom. The van der Waals surface area contributed by atoms with Crippen LogP contribution in [0.4, 0.5) is 0 Å². The number of H-pyrrole nitrogens is 1. The number of aryl methyl sites for hydroxylation is 1. The fraction of sp³-hybridized carbons (Fsp3) is 0.400. The van der Waals surface area contributed by atoms with Crippen molar-refractivity contribution < 1.29 is 4.79 Å². The van der Waals surface area contributed by atoms with E-state index in [1.807, 2.05) is 0 Å². The Balaban J connectivity index is 2.70. The van der Waals surface area contributed by atoms with Crippen molar-refractivity contribution in [2.45, 2.75) is 19.0 Å². The molecular formula is C10H13N3O2S. The van der Waals surface area contributed by atoms with Crippen molar-refractivity contribution in [3.8, 4) is 0 Å². The smallest absolute Gasteiger partial charge is 0.251 e. The Labute approximate surface area is 97.2 Å². The largest absolute Gasteiger partial charge is 0.309 e. The van der Waals surface area contributed by atoms with Crippen LogP contribution in [0.25, 0.3) is 0 Å². The van der Waals surface area contributed by atoms with Crippen LogP contribution >= 0.6 is 11.8 Å². The average Bonchev–Trinajstić information content (AvgIpc) is 2.16. The topological polar surface area (TPSA) is 86.7 Å². The van der Waals surface area contributed by atoms with Gasteiger partial charge in [-0.05, 0) is 13.8 Å². The van der Waals surface area contributed by atoms with Crippen molar-refractivity contribution in [2.75, 3.05) is 5.75 Å². The molecule has 0 aromatic carbocycles. The minimum atomic E-state index is -0.421. The molecule has 0 fully saturated rings. The van der Waals surface area contributed by atoms with Gasteiger partial charge in [0.25, 0.3) is 5.56 Å². The lowest BCUT2D eigenvalue weighted by Gasteiger charge is -2.07. The number of rotatable bonds is 5. The molecule has 0 aliphatic rings. The molecule has 0 radical (unpaired) electrons. The number of nitrogens with one attached hydrogen (secondary N) is 2. The molecule has 1 heterocycles. The predicted octanol–water partition coefficient (Wildman–Crippen LogP) is 1.03. The minimum Gasteiger partial charge on any atom is -0.309 e. The molecule has 0 aliphatic carbocycles. The van der Waals surface area contributed by atoms with Gasteiger partial charge >= 0.3 is 0 Å². The molecule has 0 amide bonds. The Morgan fingerprint density at radius 3 is 2.94 bits per heavy atom. The van der Waals surface area contributed by atoms with Gasteiger partial charge in [-0.3, -0.25) is 4.79 Å². The summed E-state index contributed by atoms with van der Waals surface area (Å²) in [6, 6.07) is 1.41. The van der Waals surface area contributed by atoms with Crippen molar-refractivity contribution in [2.24, 2.45) is 5.92 Å². The summed E-state index contributed by atoms with van der Waals surface area (Å²) in [6.07, 6.45) is 0.739. The van der Waals surface area contributed by atoms with Crippen molar-refractivity contribution in [3.63, 3.8) is 0 Å². The second-order valence-corrected chi connectivity index (χ2v) is 4.44. The first-order valence-electron chi connectivity index (χ1n) is 4.74. The summed E-state index contributed by atoms with van der Waals surface area (Å²) in [5.74, 6) is 0.00131. The quantitative estimate of drug-likeness (QED) is 0.347. The number of aldehydes is 1. The molecule has 0 aliphatic heterocycles. The first kappa shape index (κ1) is 12.6. The van der Waals surface area contributed by atoms with E-state index in [2.05, 4.69) is 9.97 Å². The standard InChI is InChI=1S/C10H13N3O2S/c1-6-3-9(15)13-10(12-6)16-5-8(4-14)7(2)11/h3-4,8,11H,5H2,1-2H3,(H,12,13,15). The highest BCUT2D eigenvalue weighted by Gasteiger charge is 2.11. The average molecular weight is 239 g/mol. The van der Waals surface area contributed by atoms with Crippen LogP contribution < -0.4 is 5.56 Å². The maximum Gasteiger partial charge on any atom is 0.251 e. The van der Waals surface area contributed by atoms with Crippen LogP contribution in [-0.2, 0) is 4.79 Å². The molecule has 0 saturated heterocycles. The zero-order valence-corrected chi connectivity index (χ0v) is 9.93. The van der Waals surface area contributed by atoms with Crippen molar-refractivity contribution >= 4 is 23.8 Å². The van der Waals surface area contributed by atoms with Crippen LogP contribution in [0, 0.1) is 18.3 Å². The lowest BCUT2D eigenvalue weighted by molar-refractivity contribution is -0.109. The Bertz CT molecular complexity index is 456. The van der Waals surface area contributed by atoms with Crippen LogP contribution in [0.15, 0.2) is 16.0 Å². The predicted molar refractivity (Wildman–Crippen MR) is 63.3 cm³/mol. The van der Waals surface area contributed by atoms with E-state index >= 15 is 0 Å². The number of nitrogens with zero attached hydrogens (tertiary/aromatic N) is 1. The van der Waals surface area contributed by atoms with E-state index in [1.54, 1.807) is 13.8 Å². The molecule has 2 N–H and O–H groups in total.